The maximum atomic E-state index is 11.5. The van der Waals surface area contributed by atoms with Gasteiger partial charge in [0.1, 0.15) is 11.5 Å². The number of aryl methyl sites for hydroxylation is 2. The molecule has 0 unspecified atom stereocenters. The SMILES string of the molecule is Oc1c(C2CCCCC2)cc(CCCCCc2cc(C3CCCCC3)c(O)c(C3CCCCC3)c2)cc1C1CCCCC1. The summed E-state index contributed by atoms with van der Waals surface area (Å²) in [5.74, 6) is 3.56. The Labute approximate surface area is 263 Å². The first-order valence-corrected chi connectivity index (χ1v) is 18.9. The first kappa shape index (κ1) is 31.0. The Morgan fingerprint density at radius 1 is 0.372 bits per heavy atom. The smallest absolute Gasteiger partial charge is 0.122 e. The molecule has 2 aromatic carbocycles. The number of rotatable bonds is 10. The van der Waals surface area contributed by atoms with Gasteiger partial charge in [0.05, 0.1) is 0 Å². The molecule has 2 N–H and O–H groups in total. The molecule has 2 nitrogen and oxygen atoms in total. The molecule has 0 bridgehead atoms. The largest absolute Gasteiger partial charge is 0.507 e. The van der Waals surface area contributed by atoms with Crippen molar-refractivity contribution in [3.63, 3.8) is 0 Å². The maximum Gasteiger partial charge on any atom is 0.122 e. The van der Waals surface area contributed by atoms with E-state index < -0.39 is 0 Å². The fraction of sp³-hybridized carbons (Fsp3) is 0.707. The van der Waals surface area contributed by atoms with Gasteiger partial charge in [0, 0.05) is 0 Å². The second kappa shape index (κ2) is 15.4. The van der Waals surface area contributed by atoms with E-state index >= 15 is 0 Å². The second-order valence-electron chi connectivity index (χ2n) is 15.1. The number of phenols is 2. The van der Waals surface area contributed by atoms with Gasteiger partial charge in [0.25, 0.3) is 0 Å². The van der Waals surface area contributed by atoms with Crippen molar-refractivity contribution >= 4 is 0 Å². The number of unbranched alkanes of at least 4 members (excludes halogenated alkanes) is 2. The van der Waals surface area contributed by atoms with E-state index in [4.69, 9.17) is 0 Å². The molecule has 4 saturated carbocycles. The van der Waals surface area contributed by atoms with Crippen molar-refractivity contribution in [3.05, 3.63) is 57.6 Å². The number of aromatic hydroxyl groups is 2. The number of benzene rings is 2. The van der Waals surface area contributed by atoms with Crippen LogP contribution in [0.2, 0.25) is 0 Å². The molecule has 4 aliphatic rings. The molecule has 0 saturated heterocycles. The molecular formula is C41H60O2. The minimum Gasteiger partial charge on any atom is -0.507 e. The normalized spacial score (nSPS) is 21.8. The van der Waals surface area contributed by atoms with Crippen LogP contribution < -0.4 is 0 Å². The standard InChI is InChI=1S/C41H60O2/c42-40-36(32-18-8-2-9-19-32)26-30(27-37(40)33-20-10-3-11-21-33)16-6-1-7-17-31-28-38(34-22-12-4-13-23-34)41(43)39(29-31)35-24-14-5-15-25-35/h26-29,32-35,42-43H,1-25H2. The molecular weight excluding hydrogens is 524 g/mol. The summed E-state index contributed by atoms with van der Waals surface area (Å²) in [6.45, 7) is 0. The van der Waals surface area contributed by atoms with Crippen LogP contribution >= 0.6 is 0 Å². The Balaban J connectivity index is 1.12. The van der Waals surface area contributed by atoms with Gasteiger partial charge in [-0.2, -0.15) is 0 Å². The van der Waals surface area contributed by atoms with E-state index in [0.717, 1.165) is 12.8 Å². The van der Waals surface area contributed by atoms with Gasteiger partial charge in [-0.1, -0.05) is 108 Å². The molecule has 0 atom stereocenters. The highest BCUT2D eigenvalue weighted by molar-refractivity contribution is 5.49. The lowest BCUT2D eigenvalue weighted by molar-refractivity contribution is 0.392. The Morgan fingerprint density at radius 2 is 0.628 bits per heavy atom. The first-order chi connectivity index (χ1) is 21.2. The molecule has 4 fully saturated rings. The summed E-state index contributed by atoms with van der Waals surface area (Å²) in [6.07, 6.45) is 31.9. The maximum absolute atomic E-state index is 11.5. The Hall–Kier alpha value is -1.96. The summed E-state index contributed by atoms with van der Waals surface area (Å²) < 4.78 is 0. The van der Waals surface area contributed by atoms with E-state index in [9.17, 15) is 10.2 Å². The average Bonchev–Trinajstić information content (AvgIpc) is 3.07. The molecule has 0 radical (unpaired) electrons. The Morgan fingerprint density at radius 3 is 0.884 bits per heavy atom. The summed E-state index contributed by atoms with van der Waals surface area (Å²) in [4.78, 5) is 0. The summed E-state index contributed by atoms with van der Waals surface area (Å²) >= 11 is 0. The van der Waals surface area contributed by atoms with Crippen molar-refractivity contribution in [2.75, 3.05) is 0 Å². The van der Waals surface area contributed by atoms with Crippen LogP contribution in [0.15, 0.2) is 24.3 Å². The number of phenolic OH excluding ortho intramolecular Hbond substituents is 2. The van der Waals surface area contributed by atoms with Crippen LogP contribution in [0, 0.1) is 0 Å². The van der Waals surface area contributed by atoms with Crippen LogP contribution in [0.3, 0.4) is 0 Å². The van der Waals surface area contributed by atoms with Crippen molar-refractivity contribution in [2.45, 2.75) is 184 Å². The van der Waals surface area contributed by atoms with Crippen molar-refractivity contribution in [2.24, 2.45) is 0 Å². The summed E-state index contributed by atoms with van der Waals surface area (Å²) in [5.41, 5.74) is 8.09. The topological polar surface area (TPSA) is 40.5 Å². The third-order valence-electron chi connectivity index (χ3n) is 12.1. The zero-order chi connectivity index (χ0) is 29.4. The molecule has 2 heteroatoms. The molecule has 0 aromatic heterocycles. The molecule has 4 aliphatic carbocycles. The van der Waals surface area contributed by atoms with E-state index in [-0.39, 0.29) is 0 Å². The Bertz CT molecular complexity index is 987. The van der Waals surface area contributed by atoms with Gasteiger partial charge in [-0.25, -0.2) is 0 Å². The number of hydrogen-bond acceptors (Lipinski definition) is 2. The molecule has 0 spiro atoms. The van der Waals surface area contributed by atoms with E-state index in [1.54, 1.807) is 0 Å². The fourth-order valence-corrected chi connectivity index (χ4v) is 9.51. The monoisotopic (exact) mass is 584 g/mol. The lowest BCUT2D eigenvalue weighted by Gasteiger charge is -2.28. The molecule has 0 heterocycles. The van der Waals surface area contributed by atoms with Gasteiger partial charge in [-0.3, -0.25) is 0 Å². The highest BCUT2D eigenvalue weighted by Gasteiger charge is 2.27. The predicted octanol–water partition coefficient (Wildman–Crippen LogP) is 12.2. The summed E-state index contributed by atoms with van der Waals surface area (Å²) in [6, 6.07) is 9.63. The summed E-state index contributed by atoms with van der Waals surface area (Å²) in [7, 11) is 0. The van der Waals surface area contributed by atoms with Crippen molar-refractivity contribution in [1.29, 1.82) is 0 Å². The van der Waals surface area contributed by atoms with Gasteiger partial charge in [0.15, 0.2) is 0 Å². The van der Waals surface area contributed by atoms with Crippen LogP contribution in [-0.2, 0) is 12.8 Å². The van der Waals surface area contributed by atoms with E-state index in [2.05, 4.69) is 24.3 Å². The van der Waals surface area contributed by atoms with Crippen LogP contribution in [0.1, 0.15) is 205 Å². The van der Waals surface area contributed by atoms with Crippen LogP contribution in [0.5, 0.6) is 11.5 Å². The van der Waals surface area contributed by atoms with Gasteiger partial charge < -0.3 is 10.2 Å². The molecule has 236 valence electrons. The molecule has 6 rings (SSSR count). The quantitative estimate of drug-likeness (QED) is 0.273. The first-order valence-electron chi connectivity index (χ1n) is 18.9. The minimum absolute atomic E-state index is 0.558. The third kappa shape index (κ3) is 7.83. The zero-order valence-electron chi connectivity index (χ0n) is 27.2. The highest BCUT2D eigenvalue weighted by atomic mass is 16.3. The molecule has 43 heavy (non-hydrogen) atoms. The average molecular weight is 585 g/mol. The zero-order valence-corrected chi connectivity index (χ0v) is 27.2. The number of hydrogen-bond donors (Lipinski definition) is 2. The Kier molecular flexibility index (Phi) is 11.1. The van der Waals surface area contributed by atoms with E-state index in [1.165, 1.54) is 181 Å². The van der Waals surface area contributed by atoms with Gasteiger partial charge in [-0.15, -0.1) is 0 Å². The lowest BCUT2D eigenvalue weighted by atomic mass is 9.78. The van der Waals surface area contributed by atoms with Crippen molar-refractivity contribution < 1.29 is 10.2 Å². The summed E-state index contributed by atoms with van der Waals surface area (Å²) in [5, 5.41) is 23.0. The minimum atomic E-state index is 0.558. The van der Waals surface area contributed by atoms with E-state index in [0.29, 0.717) is 35.2 Å². The van der Waals surface area contributed by atoms with Gasteiger partial charge in [0.2, 0.25) is 0 Å². The van der Waals surface area contributed by atoms with Crippen molar-refractivity contribution in [3.8, 4) is 11.5 Å². The fourth-order valence-electron chi connectivity index (χ4n) is 9.51. The second-order valence-corrected chi connectivity index (χ2v) is 15.1. The molecule has 0 amide bonds. The third-order valence-corrected chi connectivity index (χ3v) is 12.1. The molecule has 0 aliphatic heterocycles. The van der Waals surface area contributed by atoms with E-state index in [1.807, 2.05) is 0 Å². The van der Waals surface area contributed by atoms with Gasteiger partial charge in [-0.05, 0) is 134 Å². The highest BCUT2D eigenvalue weighted by Crippen LogP contribution is 2.46. The predicted molar refractivity (Wildman–Crippen MR) is 181 cm³/mol. The van der Waals surface area contributed by atoms with Crippen LogP contribution in [-0.4, -0.2) is 10.2 Å². The van der Waals surface area contributed by atoms with Crippen molar-refractivity contribution in [1.82, 2.24) is 0 Å². The van der Waals surface area contributed by atoms with Gasteiger partial charge >= 0.3 is 0 Å². The lowest BCUT2D eigenvalue weighted by Crippen LogP contribution is -2.10. The van der Waals surface area contributed by atoms with Crippen LogP contribution in [0.4, 0.5) is 0 Å². The molecule has 2 aromatic rings. The van der Waals surface area contributed by atoms with Crippen LogP contribution in [0.25, 0.3) is 0 Å².